The van der Waals surface area contributed by atoms with Crippen LogP contribution in [0.5, 0.6) is 0 Å². The number of rotatable bonds is 4. The fourth-order valence-corrected chi connectivity index (χ4v) is 10.4. The Bertz CT molecular complexity index is 2640. The lowest BCUT2D eigenvalue weighted by Crippen LogP contribution is -2.27. The van der Waals surface area contributed by atoms with Crippen molar-refractivity contribution >= 4 is 17.1 Å². The van der Waals surface area contributed by atoms with Gasteiger partial charge in [-0.2, -0.15) is 0 Å². The molecule has 11 rings (SSSR count). The first-order valence-corrected chi connectivity index (χ1v) is 19.0. The molecule has 0 aromatic heterocycles. The van der Waals surface area contributed by atoms with Crippen LogP contribution in [-0.4, -0.2) is 0 Å². The normalized spacial score (nSPS) is 17.3. The smallest absolute Gasteiger partial charge is 0.0686 e. The van der Waals surface area contributed by atoms with Gasteiger partial charge in [0.25, 0.3) is 0 Å². The van der Waals surface area contributed by atoms with Gasteiger partial charge in [0.15, 0.2) is 0 Å². The molecule has 4 aliphatic carbocycles. The highest BCUT2D eigenvalue weighted by molar-refractivity contribution is 5.93. The molecule has 0 fully saturated rings. The molecule has 1 heteroatoms. The first-order valence-electron chi connectivity index (χ1n) is 19.0. The van der Waals surface area contributed by atoms with E-state index in [4.69, 9.17) is 0 Å². The average molecular weight is 678 g/mol. The summed E-state index contributed by atoms with van der Waals surface area (Å²) in [6.45, 7) is 4.75. The molecule has 0 radical (unpaired) electrons. The zero-order valence-electron chi connectivity index (χ0n) is 30.1. The van der Waals surface area contributed by atoms with E-state index in [1.165, 1.54) is 89.4 Å². The zero-order chi connectivity index (χ0) is 35.3. The molecule has 7 aromatic carbocycles. The maximum atomic E-state index is 2.54. The van der Waals surface area contributed by atoms with Crippen molar-refractivity contribution in [2.75, 3.05) is 4.90 Å². The van der Waals surface area contributed by atoms with E-state index in [2.05, 4.69) is 201 Å². The van der Waals surface area contributed by atoms with Gasteiger partial charge in [-0.3, -0.25) is 0 Å². The van der Waals surface area contributed by atoms with E-state index in [-0.39, 0.29) is 10.8 Å². The second-order valence-electron chi connectivity index (χ2n) is 15.6. The van der Waals surface area contributed by atoms with Gasteiger partial charge in [0, 0.05) is 28.3 Å². The topological polar surface area (TPSA) is 3.24 Å². The summed E-state index contributed by atoms with van der Waals surface area (Å²) in [7, 11) is 0. The van der Waals surface area contributed by atoms with Crippen LogP contribution in [0.2, 0.25) is 0 Å². The van der Waals surface area contributed by atoms with Crippen LogP contribution >= 0.6 is 0 Å². The van der Waals surface area contributed by atoms with Crippen LogP contribution in [0.15, 0.2) is 188 Å². The number of allylic oxidation sites excluding steroid dienone is 4. The van der Waals surface area contributed by atoms with Crippen LogP contribution in [0.3, 0.4) is 0 Å². The van der Waals surface area contributed by atoms with Crippen molar-refractivity contribution < 1.29 is 0 Å². The predicted molar refractivity (Wildman–Crippen MR) is 220 cm³/mol. The quantitative estimate of drug-likeness (QED) is 0.179. The summed E-state index contributed by atoms with van der Waals surface area (Å²) in [5, 5.41) is 0. The van der Waals surface area contributed by atoms with E-state index in [1.54, 1.807) is 0 Å². The molecule has 0 bridgehead atoms. The van der Waals surface area contributed by atoms with Crippen molar-refractivity contribution in [2.24, 2.45) is 0 Å². The molecule has 0 saturated heterocycles. The minimum atomic E-state index is -0.347. The second kappa shape index (κ2) is 11.2. The number of benzene rings is 7. The number of hydrogen-bond donors (Lipinski definition) is 0. The van der Waals surface area contributed by atoms with Crippen molar-refractivity contribution in [2.45, 2.75) is 37.0 Å². The molecule has 1 spiro atoms. The molecule has 0 amide bonds. The van der Waals surface area contributed by atoms with Crippen LogP contribution in [0.1, 0.15) is 59.6 Å². The van der Waals surface area contributed by atoms with Crippen molar-refractivity contribution in [1.29, 1.82) is 0 Å². The highest BCUT2D eigenvalue weighted by Gasteiger charge is 2.55. The van der Waals surface area contributed by atoms with Gasteiger partial charge in [0.1, 0.15) is 0 Å². The van der Waals surface area contributed by atoms with Crippen molar-refractivity contribution in [3.8, 4) is 33.4 Å². The Morgan fingerprint density at radius 1 is 0.491 bits per heavy atom. The first kappa shape index (κ1) is 30.4. The summed E-state index contributed by atoms with van der Waals surface area (Å²) in [6, 6.07) is 61.5. The number of fused-ring (bicyclic) bond motifs is 13. The third-order valence-corrected chi connectivity index (χ3v) is 12.7. The lowest BCUT2D eigenvalue weighted by Gasteiger charge is -2.34. The molecule has 4 aliphatic rings. The molecule has 53 heavy (non-hydrogen) atoms. The van der Waals surface area contributed by atoms with E-state index in [0.29, 0.717) is 5.92 Å². The summed E-state index contributed by atoms with van der Waals surface area (Å²) in [5.74, 6) is 0.340. The Labute approximate surface area is 312 Å². The van der Waals surface area contributed by atoms with Gasteiger partial charge in [-0.15, -0.1) is 0 Å². The maximum Gasteiger partial charge on any atom is 0.0686 e. The SMILES string of the molecule is CC1(C)c2ccccc2-c2ccc(N(c3ccc4c(c3)C3(C5=CC=CCC54)c4ccccc4-c4ccccc43)c3ccccc3-c3ccccc3)cc21. The Morgan fingerprint density at radius 3 is 1.75 bits per heavy atom. The van der Waals surface area contributed by atoms with E-state index >= 15 is 0 Å². The lowest BCUT2D eigenvalue weighted by molar-refractivity contribution is 0.660. The summed E-state index contributed by atoms with van der Waals surface area (Å²) in [6.07, 6.45) is 8.09. The highest BCUT2D eigenvalue weighted by atomic mass is 15.1. The molecule has 0 aliphatic heterocycles. The minimum Gasteiger partial charge on any atom is -0.310 e. The Kier molecular flexibility index (Phi) is 6.41. The predicted octanol–water partition coefficient (Wildman–Crippen LogP) is 13.4. The fraction of sp³-hybridized carbons (Fsp3) is 0.115. The van der Waals surface area contributed by atoms with Gasteiger partial charge >= 0.3 is 0 Å². The van der Waals surface area contributed by atoms with Crippen molar-refractivity contribution in [3.05, 3.63) is 221 Å². The standard InChI is InChI=1S/C52H39N/c1-51(2)44-23-11-6-19-38(44)42-30-28-35(32-48(42)51)53(50-27-15-10-18-37(50)34-16-4-3-5-17-34)36-29-31-43-41-22-9-14-26-47(41)52(49(43)33-36)45-24-12-7-20-39(45)40-21-8-13-25-46(40)52/h3-21,23-33,41H,22H2,1-2H3. The second-order valence-corrected chi connectivity index (χ2v) is 15.6. The number of hydrogen-bond acceptors (Lipinski definition) is 1. The van der Waals surface area contributed by atoms with Crippen LogP contribution in [-0.2, 0) is 10.8 Å². The third-order valence-electron chi connectivity index (χ3n) is 12.7. The lowest BCUT2D eigenvalue weighted by atomic mass is 9.69. The zero-order valence-corrected chi connectivity index (χ0v) is 30.1. The summed E-state index contributed by atoms with van der Waals surface area (Å²) < 4.78 is 0. The first-order chi connectivity index (χ1) is 26.1. The Morgan fingerprint density at radius 2 is 1.04 bits per heavy atom. The van der Waals surface area contributed by atoms with E-state index in [9.17, 15) is 0 Å². The van der Waals surface area contributed by atoms with Gasteiger partial charge in [-0.1, -0.05) is 166 Å². The van der Waals surface area contributed by atoms with Gasteiger partial charge in [0.05, 0.1) is 11.1 Å². The molecular formula is C52H39N. The molecule has 7 aromatic rings. The highest BCUT2D eigenvalue weighted by Crippen LogP contribution is 2.65. The van der Waals surface area contributed by atoms with Crippen LogP contribution in [0, 0.1) is 0 Å². The van der Waals surface area contributed by atoms with Gasteiger partial charge < -0.3 is 4.90 Å². The van der Waals surface area contributed by atoms with Gasteiger partial charge in [-0.25, -0.2) is 0 Å². The molecule has 1 nitrogen and oxygen atoms in total. The summed E-state index contributed by atoms with van der Waals surface area (Å²) >= 11 is 0. The fourth-order valence-electron chi connectivity index (χ4n) is 10.4. The van der Waals surface area contributed by atoms with Gasteiger partial charge in [0.2, 0.25) is 0 Å². The molecular weight excluding hydrogens is 639 g/mol. The van der Waals surface area contributed by atoms with E-state index in [1.807, 2.05) is 0 Å². The molecule has 1 unspecified atom stereocenters. The largest absolute Gasteiger partial charge is 0.310 e. The number of anilines is 3. The Balaban J connectivity index is 1.19. The maximum absolute atomic E-state index is 2.54. The average Bonchev–Trinajstić information content (AvgIpc) is 3.77. The van der Waals surface area contributed by atoms with E-state index in [0.717, 1.165) is 6.42 Å². The van der Waals surface area contributed by atoms with Gasteiger partial charge in [-0.05, 0) is 104 Å². The van der Waals surface area contributed by atoms with Crippen molar-refractivity contribution in [3.63, 3.8) is 0 Å². The summed E-state index contributed by atoms with van der Waals surface area (Å²) in [4.78, 5) is 2.52. The Hall–Kier alpha value is -6.18. The number of nitrogens with zero attached hydrogens (tertiary/aromatic N) is 1. The third kappa shape index (κ3) is 4.08. The summed E-state index contributed by atoms with van der Waals surface area (Å²) in [5.41, 5.74) is 20.8. The number of para-hydroxylation sites is 1. The van der Waals surface area contributed by atoms with Crippen LogP contribution < -0.4 is 4.90 Å². The molecule has 0 heterocycles. The van der Waals surface area contributed by atoms with Crippen LogP contribution in [0.4, 0.5) is 17.1 Å². The van der Waals surface area contributed by atoms with Crippen molar-refractivity contribution in [1.82, 2.24) is 0 Å². The molecule has 0 saturated carbocycles. The molecule has 1 atom stereocenters. The molecule has 0 N–H and O–H groups in total. The monoisotopic (exact) mass is 677 g/mol. The molecule has 252 valence electrons. The van der Waals surface area contributed by atoms with Crippen LogP contribution in [0.25, 0.3) is 33.4 Å². The minimum absolute atomic E-state index is 0.110. The van der Waals surface area contributed by atoms with E-state index < -0.39 is 0 Å².